The minimum absolute atomic E-state index is 0.0425. The van der Waals surface area contributed by atoms with Crippen LogP contribution in [0.4, 0.5) is 0 Å². The van der Waals surface area contributed by atoms with Crippen LogP contribution in [0, 0.1) is 5.92 Å². The average Bonchev–Trinajstić information content (AvgIpc) is 2.94. The van der Waals surface area contributed by atoms with Crippen LogP contribution in [0.2, 0.25) is 0 Å². The lowest BCUT2D eigenvalue weighted by Gasteiger charge is -2.24. The molecule has 1 fully saturated rings. The van der Waals surface area contributed by atoms with Crippen molar-refractivity contribution in [3.05, 3.63) is 90.3 Å². The van der Waals surface area contributed by atoms with Gasteiger partial charge in [-0.1, -0.05) is 54.6 Å². The molecule has 30 heavy (non-hydrogen) atoms. The van der Waals surface area contributed by atoms with Crippen LogP contribution < -0.4 is 0 Å². The fourth-order valence-electron chi connectivity index (χ4n) is 4.34. The van der Waals surface area contributed by atoms with Crippen LogP contribution in [0.1, 0.15) is 18.1 Å². The first kappa shape index (κ1) is 20.3. The molecule has 1 aromatic heterocycles. The molecule has 0 N–H and O–H groups in total. The van der Waals surface area contributed by atoms with Gasteiger partial charge < -0.3 is 4.90 Å². The van der Waals surface area contributed by atoms with Crippen molar-refractivity contribution in [1.29, 1.82) is 0 Å². The summed E-state index contributed by atoms with van der Waals surface area (Å²) in [5, 5.41) is 0. The number of likely N-dealkylation sites (N-methyl/N-ethyl adjacent to an activating group) is 1. The largest absolute Gasteiger partial charge is 0.341 e. The quantitative estimate of drug-likeness (QED) is 0.621. The molecule has 4 rings (SSSR count). The molecule has 4 heteroatoms. The van der Waals surface area contributed by atoms with Gasteiger partial charge in [-0.2, -0.15) is 0 Å². The summed E-state index contributed by atoms with van der Waals surface area (Å²) < 4.78 is 0. The van der Waals surface area contributed by atoms with E-state index in [9.17, 15) is 4.79 Å². The van der Waals surface area contributed by atoms with Crippen molar-refractivity contribution < 1.29 is 4.79 Å². The summed E-state index contributed by atoms with van der Waals surface area (Å²) in [6, 6.07) is 23.1. The van der Waals surface area contributed by atoms with Crippen LogP contribution in [0.25, 0.3) is 11.1 Å². The van der Waals surface area contributed by atoms with E-state index < -0.39 is 0 Å². The van der Waals surface area contributed by atoms with Gasteiger partial charge in [-0.25, -0.2) is 0 Å². The maximum Gasteiger partial charge on any atom is 0.227 e. The molecule has 1 aliphatic rings. The second-order valence-corrected chi connectivity index (χ2v) is 7.93. The second kappa shape index (κ2) is 9.68. The Morgan fingerprint density at radius 1 is 0.933 bits per heavy atom. The molecule has 1 atom stereocenters. The molecule has 0 radical (unpaired) electrons. The maximum atomic E-state index is 13.3. The van der Waals surface area contributed by atoms with Gasteiger partial charge in [0, 0.05) is 45.1 Å². The zero-order valence-electron chi connectivity index (χ0n) is 17.6. The average molecular weight is 400 g/mol. The molecule has 2 heterocycles. The van der Waals surface area contributed by atoms with Crippen LogP contribution in [-0.2, 0) is 17.8 Å². The van der Waals surface area contributed by atoms with Gasteiger partial charge in [0.1, 0.15) is 0 Å². The maximum absolute atomic E-state index is 13.3. The fourth-order valence-corrected chi connectivity index (χ4v) is 4.34. The summed E-state index contributed by atoms with van der Waals surface area (Å²) in [5.74, 6) is 0.233. The van der Waals surface area contributed by atoms with Crippen molar-refractivity contribution in [1.82, 2.24) is 14.8 Å². The number of amides is 1. The Morgan fingerprint density at radius 2 is 1.67 bits per heavy atom. The van der Waals surface area contributed by atoms with E-state index in [1.807, 2.05) is 35.5 Å². The number of aromatic nitrogens is 1. The summed E-state index contributed by atoms with van der Waals surface area (Å²) in [4.78, 5) is 21.9. The predicted octanol–water partition coefficient (Wildman–Crippen LogP) is 4.27. The summed E-state index contributed by atoms with van der Waals surface area (Å²) >= 11 is 0. The summed E-state index contributed by atoms with van der Waals surface area (Å²) in [5.41, 5.74) is 4.86. The third-order valence-electron chi connectivity index (χ3n) is 5.93. The van der Waals surface area contributed by atoms with Gasteiger partial charge in [0.25, 0.3) is 0 Å². The van der Waals surface area contributed by atoms with Gasteiger partial charge in [-0.05, 0) is 47.7 Å². The van der Waals surface area contributed by atoms with E-state index in [1.165, 1.54) is 16.7 Å². The predicted molar refractivity (Wildman–Crippen MR) is 121 cm³/mol. The van der Waals surface area contributed by atoms with Crippen molar-refractivity contribution in [2.24, 2.45) is 5.92 Å². The first-order valence-electron chi connectivity index (χ1n) is 10.8. The van der Waals surface area contributed by atoms with Gasteiger partial charge in [-0.15, -0.1) is 0 Å². The lowest BCUT2D eigenvalue weighted by Crippen LogP contribution is -2.37. The Kier molecular flexibility index (Phi) is 6.55. The van der Waals surface area contributed by atoms with Crippen LogP contribution in [0.5, 0.6) is 0 Å². The topological polar surface area (TPSA) is 36.4 Å². The van der Waals surface area contributed by atoms with Gasteiger partial charge in [0.15, 0.2) is 0 Å². The van der Waals surface area contributed by atoms with Crippen molar-refractivity contribution in [3.63, 3.8) is 0 Å². The number of pyridine rings is 1. The Morgan fingerprint density at radius 3 is 2.43 bits per heavy atom. The Hall–Kier alpha value is -2.98. The molecule has 1 amide bonds. The van der Waals surface area contributed by atoms with Crippen molar-refractivity contribution >= 4 is 5.91 Å². The highest BCUT2D eigenvalue weighted by atomic mass is 16.2. The summed E-state index contributed by atoms with van der Waals surface area (Å²) in [6.45, 7) is 6.22. The first-order chi connectivity index (χ1) is 14.7. The Balaban J connectivity index is 1.59. The molecule has 154 valence electrons. The Bertz CT molecular complexity index is 958. The van der Waals surface area contributed by atoms with E-state index in [0.717, 1.165) is 44.7 Å². The lowest BCUT2D eigenvalue weighted by atomic mass is 9.91. The molecular weight excluding hydrogens is 370 g/mol. The number of hydrogen-bond acceptors (Lipinski definition) is 3. The smallest absolute Gasteiger partial charge is 0.227 e. The minimum Gasteiger partial charge on any atom is -0.341 e. The van der Waals surface area contributed by atoms with Crippen LogP contribution >= 0.6 is 0 Å². The number of carbonyl (C=O) groups excluding carboxylic acids is 1. The molecule has 3 aromatic rings. The zero-order valence-corrected chi connectivity index (χ0v) is 17.6. The molecule has 0 unspecified atom stereocenters. The van der Waals surface area contributed by atoms with E-state index in [-0.39, 0.29) is 11.8 Å². The molecule has 0 aliphatic carbocycles. The fraction of sp³-hybridized carbons (Fsp3) is 0.308. The van der Waals surface area contributed by atoms with Crippen molar-refractivity contribution in [2.45, 2.75) is 19.9 Å². The number of hydrogen-bond donors (Lipinski definition) is 0. The normalized spacial score (nSPS) is 17.7. The number of benzene rings is 2. The van der Waals surface area contributed by atoms with E-state index in [4.69, 9.17) is 0 Å². The van der Waals surface area contributed by atoms with Crippen LogP contribution in [0.15, 0.2) is 79.1 Å². The van der Waals surface area contributed by atoms with Gasteiger partial charge in [-0.3, -0.25) is 14.7 Å². The van der Waals surface area contributed by atoms with Gasteiger partial charge >= 0.3 is 0 Å². The number of rotatable bonds is 6. The van der Waals surface area contributed by atoms with E-state index >= 15 is 0 Å². The zero-order chi connectivity index (χ0) is 20.8. The lowest BCUT2D eigenvalue weighted by molar-refractivity contribution is -0.134. The van der Waals surface area contributed by atoms with Crippen molar-refractivity contribution in [2.75, 3.05) is 26.2 Å². The van der Waals surface area contributed by atoms with Crippen LogP contribution in [-0.4, -0.2) is 46.9 Å². The van der Waals surface area contributed by atoms with E-state index in [1.54, 1.807) is 0 Å². The number of nitrogens with zero attached hydrogens (tertiary/aromatic N) is 3. The SMILES string of the molecule is CCN1CCN(Cc2ccccc2)C[C@H](Cc2ccccc2-c2ccncc2)C1=O. The third kappa shape index (κ3) is 4.77. The highest BCUT2D eigenvalue weighted by molar-refractivity contribution is 5.80. The monoisotopic (exact) mass is 399 g/mol. The molecule has 0 spiro atoms. The van der Waals surface area contributed by atoms with Gasteiger partial charge in [0.05, 0.1) is 5.92 Å². The van der Waals surface area contributed by atoms with E-state index in [2.05, 4.69) is 65.3 Å². The first-order valence-corrected chi connectivity index (χ1v) is 10.8. The minimum atomic E-state index is -0.0425. The van der Waals surface area contributed by atoms with E-state index in [0.29, 0.717) is 0 Å². The van der Waals surface area contributed by atoms with Crippen LogP contribution in [0.3, 0.4) is 0 Å². The third-order valence-corrected chi connectivity index (χ3v) is 5.93. The number of carbonyl (C=O) groups is 1. The molecule has 1 aliphatic heterocycles. The molecular formula is C26H29N3O. The molecule has 1 saturated heterocycles. The van der Waals surface area contributed by atoms with Crippen molar-refractivity contribution in [3.8, 4) is 11.1 Å². The second-order valence-electron chi connectivity index (χ2n) is 7.93. The van der Waals surface area contributed by atoms with Gasteiger partial charge in [0.2, 0.25) is 5.91 Å². The molecule has 0 bridgehead atoms. The highest BCUT2D eigenvalue weighted by Gasteiger charge is 2.30. The molecule has 4 nitrogen and oxygen atoms in total. The highest BCUT2D eigenvalue weighted by Crippen LogP contribution is 2.27. The summed E-state index contributed by atoms with van der Waals surface area (Å²) in [6.07, 6.45) is 4.39. The molecule has 2 aromatic carbocycles. The summed E-state index contributed by atoms with van der Waals surface area (Å²) in [7, 11) is 0. The molecule has 0 saturated carbocycles. The standard InChI is InChI=1S/C26H29N3O/c1-2-29-17-16-28(19-21-8-4-3-5-9-21)20-24(26(29)30)18-23-10-6-7-11-25(23)22-12-14-27-15-13-22/h3-15,24H,2,16-20H2,1H3/t24-/m0/s1. The Labute approximate surface area is 179 Å².